The van der Waals surface area contributed by atoms with Crippen molar-refractivity contribution in [2.75, 3.05) is 66.0 Å². The summed E-state index contributed by atoms with van der Waals surface area (Å²) in [6, 6.07) is 41.9. The Morgan fingerprint density at radius 2 is 1.46 bits per heavy atom. The Labute approximate surface area is 488 Å². The summed E-state index contributed by atoms with van der Waals surface area (Å²) in [5.74, 6) is -1.16. The number of piperidine rings is 1. The van der Waals surface area contributed by atoms with E-state index in [0.29, 0.717) is 101 Å². The number of fused-ring (bicyclic) bond motifs is 6. The van der Waals surface area contributed by atoms with Gasteiger partial charge in [-0.05, 0) is 103 Å². The molecule has 1 spiro atoms. The van der Waals surface area contributed by atoms with Gasteiger partial charge in [-0.15, -0.1) is 0 Å². The van der Waals surface area contributed by atoms with Gasteiger partial charge in [-0.3, -0.25) is 19.4 Å². The quantitative estimate of drug-likeness (QED) is 0.0264. The number of rotatable bonds is 17. The number of para-hydroxylation sites is 1. The van der Waals surface area contributed by atoms with Crippen molar-refractivity contribution in [2.45, 2.75) is 125 Å². The van der Waals surface area contributed by atoms with Crippen molar-refractivity contribution < 1.29 is 48.0 Å². The van der Waals surface area contributed by atoms with Crippen LogP contribution in [0.3, 0.4) is 0 Å². The van der Waals surface area contributed by atoms with Crippen LogP contribution in [0.15, 0.2) is 140 Å². The van der Waals surface area contributed by atoms with Crippen LogP contribution in [-0.2, 0) is 56.9 Å². The topological polar surface area (TPSA) is 163 Å². The lowest BCUT2D eigenvalue weighted by Crippen LogP contribution is -2.83. The van der Waals surface area contributed by atoms with Crippen LogP contribution in [0.1, 0.15) is 93.2 Å². The fourth-order valence-electron chi connectivity index (χ4n) is 17.1. The molecular formula is C68H80N4O10Si. The van der Waals surface area contributed by atoms with E-state index >= 15 is 9.59 Å². The molecule has 436 valence electrons. The number of aromatic amines is 1. The zero-order valence-corrected chi connectivity index (χ0v) is 49.9. The molecule has 3 N–H and O–H groups in total. The van der Waals surface area contributed by atoms with Crippen LogP contribution >= 0.6 is 0 Å². The average molecular weight is 1140 g/mol. The third-order valence-corrected chi connectivity index (χ3v) is 24.7. The van der Waals surface area contributed by atoms with Gasteiger partial charge in [0.25, 0.3) is 8.32 Å². The number of benzene rings is 5. The molecule has 2 saturated heterocycles. The molecule has 12 rings (SSSR count). The van der Waals surface area contributed by atoms with E-state index < -0.39 is 59.8 Å². The highest BCUT2D eigenvalue weighted by molar-refractivity contribution is 6.97. The van der Waals surface area contributed by atoms with Gasteiger partial charge in [0.1, 0.15) is 17.8 Å². The molecule has 15 heteroatoms. The minimum absolute atomic E-state index is 0.126. The number of aliphatic hydroxyl groups is 2. The second-order valence-electron chi connectivity index (χ2n) is 24.6. The van der Waals surface area contributed by atoms with Crippen LogP contribution in [0.4, 0.5) is 5.69 Å². The predicted octanol–water partition coefficient (Wildman–Crippen LogP) is 8.12. The highest BCUT2D eigenvalue weighted by Crippen LogP contribution is 2.68. The third-order valence-electron chi connectivity index (χ3n) is 20.5. The molecule has 14 nitrogen and oxygen atoms in total. The third kappa shape index (κ3) is 8.92. The Kier molecular flexibility index (Phi) is 15.1. The molecule has 0 radical (unpaired) electrons. The van der Waals surface area contributed by atoms with Crippen molar-refractivity contribution in [2.24, 2.45) is 11.3 Å². The highest BCUT2D eigenvalue weighted by atomic mass is 28.4. The second-order valence-corrected chi connectivity index (χ2v) is 28.2. The molecule has 3 fully saturated rings. The number of hydrogen-bond acceptors (Lipinski definition) is 13. The molecule has 0 amide bonds. The first kappa shape index (κ1) is 56.9. The number of anilines is 1. The molecule has 1 saturated carbocycles. The van der Waals surface area contributed by atoms with Crippen molar-refractivity contribution in [3.05, 3.63) is 167 Å². The maximum atomic E-state index is 15.8. The number of nitrogens with one attached hydrogen (secondary N) is 1. The molecule has 2 bridgehead atoms. The molecule has 6 aromatic rings. The summed E-state index contributed by atoms with van der Waals surface area (Å²) in [5.41, 5.74) is -0.763. The first-order valence-electron chi connectivity index (χ1n) is 30.0. The van der Waals surface area contributed by atoms with E-state index in [2.05, 4.69) is 81.2 Å². The van der Waals surface area contributed by atoms with Crippen LogP contribution in [0, 0.1) is 11.3 Å². The molecule has 1 aromatic heterocycles. The minimum Gasteiger partial charge on any atom is -0.496 e. The summed E-state index contributed by atoms with van der Waals surface area (Å²) < 4.78 is 32.7. The molecule has 5 aliphatic heterocycles. The van der Waals surface area contributed by atoms with Crippen LogP contribution in [-0.4, -0.2) is 142 Å². The number of carbonyl (C=O) groups is 3. The number of H-pyrrole nitrogens is 1. The van der Waals surface area contributed by atoms with Gasteiger partial charge in [0.2, 0.25) is 5.60 Å². The molecule has 1 aliphatic carbocycles. The van der Waals surface area contributed by atoms with E-state index in [9.17, 15) is 15.0 Å². The Balaban J connectivity index is 1.04. The fourth-order valence-corrected chi connectivity index (χ4v) is 21.4. The van der Waals surface area contributed by atoms with E-state index in [1.807, 2.05) is 98.9 Å². The molecular weight excluding hydrogens is 1060 g/mol. The van der Waals surface area contributed by atoms with Gasteiger partial charge in [-0.2, -0.15) is 0 Å². The highest BCUT2D eigenvalue weighted by Gasteiger charge is 2.80. The first-order chi connectivity index (χ1) is 40.2. The lowest BCUT2D eigenvalue weighted by Gasteiger charge is -2.65. The number of nitrogens with zero attached hydrogens (tertiary/aromatic N) is 3. The van der Waals surface area contributed by atoms with Crippen molar-refractivity contribution in [1.82, 2.24) is 14.8 Å². The molecule has 6 aliphatic rings. The summed E-state index contributed by atoms with van der Waals surface area (Å²) >= 11 is 0. The van der Waals surface area contributed by atoms with Crippen molar-refractivity contribution >= 4 is 53.2 Å². The van der Waals surface area contributed by atoms with Crippen molar-refractivity contribution in [3.8, 4) is 5.75 Å². The van der Waals surface area contributed by atoms with Crippen LogP contribution in [0.5, 0.6) is 5.75 Å². The summed E-state index contributed by atoms with van der Waals surface area (Å²) in [6.45, 7) is 7.63. The monoisotopic (exact) mass is 1140 g/mol. The average Bonchev–Trinajstić information content (AvgIpc) is 1.75. The molecule has 10 atom stereocenters. The predicted molar refractivity (Wildman–Crippen MR) is 323 cm³/mol. The summed E-state index contributed by atoms with van der Waals surface area (Å²) in [6.07, 6.45) is 7.71. The zero-order valence-electron chi connectivity index (χ0n) is 48.9. The standard InChI is InChI=1S/C68H80N4O10Si/c1-7-64(76)41-47-42-67(62(74)79-5,58-51(32-36-71(43-47)45-64)50-29-18-19-30-54(50)69-58)53-39-52-55(40-56(53)78-4)70(3)60-66(52)34-37-72-35-22-33-65(8-2,59(66)72)61(68(60,77)63(75)80-6)82-83(48-25-14-10-15-26-48,49-27-16-11-17-28-49)38-21-20-31-57(73)81-44-46-23-12-9-13-24-46/h9-19,22-30,33,39-40,47,59-61,69,76-77H,7-8,20-21,31-32,34-38,41-45H2,1-6H3/t47?,59-,60+,61+,64-,65+,66+,67-,68-/m0/s1. The molecule has 5 aromatic carbocycles. The number of methoxy groups -OCH3 is 3. The smallest absolute Gasteiger partial charge is 0.342 e. The van der Waals surface area contributed by atoms with Gasteiger partial charge in [0, 0.05) is 90.4 Å². The minimum atomic E-state index is -3.58. The number of unbranched alkanes of at least 4 members (excludes halogenated alkanes) is 1. The van der Waals surface area contributed by atoms with Crippen LogP contribution < -0.4 is 20.0 Å². The van der Waals surface area contributed by atoms with E-state index in [4.69, 9.17) is 23.4 Å². The number of hydrogen-bond donors (Lipinski definition) is 3. The number of esters is 3. The maximum absolute atomic E-state index is 15.8. The molecule has 2 unspecified atom stereocenters. The van der Waals surface area contributed by atoms with Gasteiger partial charge in [-0.25, -0.2) is 4.79 Å². The Morgan fingerprint density at radius 3 is 2.13 bits per heavy atom. The van der Waals surface area contributed by atoms with Gasteiger partial charge in [-0.1, -0.05) is 142 Å². The lowest BCUT2D eigenvalue weighted by atomic mass is 9.47. The number of aromatic nitrogens is 1. The van der Waals surface area contributed by atoms with Crippen LogP contribution in [0.25, 0.3) is 10.9 Å². The van der Waals surface area contributed by atoms with Gasteiger partial charge < -0.3 is 43.5 Å². The van der Waals surface area contributed by atoms with Gasteiger partial charge in [0.05, 0.1) is 39.1 Å². The number of carbonyl (C=O) groups excluding carboxylic acids is 3. The number of ether oxygens (including phenoxy) is 4. The number of likely N-dealkylation sites (N-methyl/N-ethyl adjacent to an activating group) is 1. The largest absolute Gasteiger partial charge is 0.496 e. The molecule has 83 heavy (non-hydrogen) atoms. The Morgan fingerprint density at radius 1 is 0.771 bits per heavy atom. The Bertz CT molecular complexity index is 3380. The SMILES string of the molecule is CC[C@]1(O)CC2CN(CCc3c([nH]c4ccccc34)[C@@](C(=O)OC)(c3cc4c(cc3OC)N(C)[C@H]3[C@@](O)(C(=O)OC)[C@H](O[Si](CCCCC(=O)OCc5ccccc5)(c5ccccc5)c5ccccc5)[C@]5(CC)C=CCN6CC[C@]43[C@@H]65)C2)C1. The van der Waals surface area contributed by atoms with Crippen molar-refractivity contribution in [1.29, 1.82) is 0 Å². The van der Waals surface area contributed by atoms with Gasteiger partial charge >= 0.3 is 17.9 Å². The Hall–Kier alpha value is -6.59. The molecule has 6 heterocycles. The summed E-state index contributed by atoms with van der Waals surface area (Å²) in [5, 5.41) is 30.0. The lowest BCUT2D eigenvalue weighted by molar-refractivity contribution is -0.213. The van der Waals surface area contributed by atoms with E-state index in [1.54, 1.807) is 7.11 Å². The maximum Gasteiger partial charge on any atom is 0.342 e. The van der Waals surface area contributed by atoms with Crippen molar-refractivity contribution in [3.63, 3.8) is 0 Å². The zero-order chi connectivity index (χ0) is 57.9. The first-order valence-corrected chi connectivity index (χ1v) is 32.1. The van der Waals surface area contributed by atoms with E-state index in [1.165, 1.54) is 14.2 Å². The second kappa shape index (κ2) is 22.1. The normalized spacial score (nSPS) is 29.8. The summed E-state index contributed by atoms with van der Waals surface area (Å²) in [4.78, 5) is 55.7. The van der Waals surface area contributed by atoms with E-state index in [-0.39, 0.29) is 31.0 Å². The van der Waals surface area contributed by atoms with Gasteiger partial charge in [0.15, 0.2) is 0 Å². The summed E-state index contributed by atoms with van der Waals surface area (Å²) in [7, 11) is 2.84. The van der Waals surface area contributed by atoms with Crippen LogP contribution in [0.2, 0.25) is 6.04 Å². The van der Waals surface area contributed by atoms with E-state index in [0.717, 1.165) is 49.3 Å². The fraction of sp³-hybridized carbons (Fsp3) is 0.456.